The van der Waals surface area contributed by atoms with Gasteiger partial charge in [-0.3, -0.25) is 9.34 Å². The molecule has 0 radical (unpaired) electrons. The van der Waals surface area contributed by atoms with Crippen LogP contribution >= 0.6 is 14.7 Å². The van der Waals surface area contributed by atoms with Gasteiger partial charge in [-0.15, -0.1) is 0 Å². The summed E-state index contributed by atoms with van der Waals surface area (Å²) in [7, 11) is -1.41. The first-order chi connectivity index (χ1) is 43.3. The molecule has 14 rings (SSSR count). The average Bonchev–Trinajstić information content (AvgIpc) is 0.934. The Bertz CT molecular complexity index is 4540. The van der Waals surface area contributed by atoms with Crippen molar-refractivity contribution >= 4 is 59.9 Å². The van der Waals surface area contributed by atoms with Gasteiger partial charge in [-0.2, -0.15) is 0 Å². The number of hydrogen-bond donors (Lipinski definition) is 0. The van der Waals surface area contributed by atoms with E-state index in [0.29, 0.717) is 0 Å². The highest BCUT2D eigenvalue weighted by Gasteiger charge is 2.50. The Kier molecular flexibility index (Phi) is 15.0. The summed E-state index contributed by atoms with van der Waals surface area (Å²) in [4.78, 5) is 0. The van der Waals surface area contributed by atoms with Crippen molar-refractivity contribution in [3.05, 3.63) is 360 Å². The fourth-order valence-corrected chi connectivity index (χ4v) is 19.6. The maximum Gasteiger partial charge on any atom is 0.239 e. The summed E-state index contributed by atoms with van der Waals surface area (Å²) in [5.41, 5.74) is 16.4. The predicted octanol–water partition coefficient (Wildman–Crippen LogP) is 21.3. The van der Waals surface area contributed by atoms with Gasteiger partial charge in [0, 0.05) is 66.1 Å². The molecule has 0 saturated heterocycles. The normalized spacial score (nSPS) is 16.3. The summed E-state index contributed by atoms with van der Waals surface area (Å²) in [6.45, 7) is 14.1. The Balaban J connectivity index is 0.904. The number of benzene rings is 12. The molecule has 12 aromatic carbocycles. The van der Waals surface area contributed by atoms with Gasteiger partial charge in [0.05, 0.1) is 0 Å². The molecular formula is C82H70N2O2P2S. The Morgan fingerprint density at radius 3 is 1.08 bits per heavy atom. The van der Waals surface area contributed by atoms with E-state index in [1.165, 1.54) is 49.8 Å². The van der Waals surface area contributed by atoms with Crippen molar-refractivity contribution in [2.24, 2.45) is 0 Å². The zero-order valence-corrected chi connectivity index (χ0v) is 53.6. The molecule has 2 aliphatic heterocycles. The van der Waals surface area contributed by atoms with E-state index in [1.54, 1.807) is 0 Å². The summed E-state index contributed by atoms with van der Waals surface area (Å²) >= 11 is 7.10. The molecule has 0 N–H and O–H groups in total. The minimum absolute atomic E-state index is 0.206. The number of para-hydroxylation sites is 2. The van der Waals surface area contributed by atoms with E-state index in [1.807, 2.05) is 6.07 Å². The van der Waals surface area contributed by atoms with Gasteiger partial charge in [0.2, 0.25) is 14.7 Å². The van der Waals surface area contributed by atoms with Crippen molar-refractivity contribution in [3.8, 4) is 33.8 Å². The van der Waals surface area contributed by atoms with Gasteiger partial charge in [-0.05, 0) is 140 Å². The van der Waals surface area contributed by atoms with Gasteiger partial charge in [0.15, 0.2) is 0 Å². The van der Waals surface area contributed by atoms with Crippen LogP contribution in [0.5, 0.6) is 11.5 Å². The fourth-order valence-electron chi connectivity index (χ4n) is 13.8. The SMILES string of the molecule is CC(C)(c1ccccc1)c1ccc(N(c2ccc(C(C)(c3ccccc3)C(C)(c3ccccc3)c3ccc(N(c4ccc(C(C)(C)c5ccccc5)cc4)P4(=S)Oc5ccccc5-c5ccccc54)cc3)cc2)P2Oc3ccccc3-c3ccccc32)cc1. The van der Waals surface area contributed by atoms with Crippen LogP contribution in [0.15, 0.2) is 315 Å². The molecule has 0 spiro atoms. The highest BCUT2D eigenvalue weighted by molar-refractivity contribution is 8.17. The molecule has 0 aliphatic carbocycles. The topological polar surface area (TPSA) is 24.9 Å². The standard InChI is InChI=1S/C82H70N2O2P2S/c1-79(2,59-27-11-7-12-28-59)61-43-51-67(52-44-61)83(87-77-41-25-21-37-73(77)71-35-19-23-39-75(71)85-87)68-53-47-65(48-54-68)81(5,63-31-15-9-16-32-63)82(6,64-33-17-10-18-34-64)66-49-57-70(58-50-66)84(69-55-45-62(46-56-69)80(3,4)60-29-13-8-14-30-60)88(89)78-42-26-22-38-74(78)72-36-20-24-40-76(72)86-88/h7-58H,1-6H3. The molecule has 12 aromatic rings. The van der Waals surface area contributed by atoms with Gasteiger partial charge in [-0.25, -0.2) is 0 Å². The Labute approximate surface area is 531 Å². The average molecular weight is 1210 g/mol. The molecule has 0 amide bonds. The van der Waals surface area contributed by atoms with Crippen LogP contribution in [0.2, 0.25) is 0 Å². The zero-order valence-electron chi connectivity index (χ0n) is 51.0. The fraction of sp³-hybridized carbons (Fsp3) is 0.122. The maximum atomic E-state index is 7.32. The summed E-state index contributed by atoms with van der Waals surface area (Å²) in [6, 6.07) is 115. The number of hydrogen-bond acceptors (Lipinski definition) is 4. The van der Waals surface area contributed by atoms with Crippen LogP contribution in [-0.4, -0.2) is 0 Å². The molecule has 4 unspecified atom stereocenters. The second kappa shape index (κ2) is 23.1. The largest absolute Gasteiger partial charge is 0.448 e. The van der Waals surface area contributed by atoms with Crippen molar-refractivity contribution in [2.75, 3.05) is 9.34 Å². The smallest absolute Gasteiger partial charge is 0.239 e. The van der Waals surface area contributed by atoms with Crippen molar-refractivity contribution in [1.29, 1.82) is 0 Å². The van der Waals surface area contributed by atoms with Crippen molar-refractivity contribution < 1.29 is 9.05 Å². The molecule has 2 aliphatic rings. The van der Waals surface area contributed by atoms with Crippen LogP contribution in [0.1, 0.15) is 86.1 Å². The minimum atomic E-state index is -3.09. The molecule has 4 nitrogen and oxygen atoms in total. The van der Waals surface area contributed by atoms with E-state index in [0.717, 1.165) is 61.8 Å². The summed E-state index contributed by atoms with van der Waals surface area (Å²) in [6.07, 6.45) is -3.09. The quantitative estimate of drug-likeness (QED) is 0.0953. The van der Waals surface area contributed by atoms with E-state index in [-0.39, 0.29) is 10.8 Å². The number of fused-ring (bicyclic) bond motifs is 6. The van der Waals surface area contributed by atoms with Crippen LogP contribution in [0.25, 0.3) is 22.3 Å². The van der Waals surface area contributed by atoms with Gasteiger partial charge >= 0.3 is 0 Å². The van der Waals surface area contributed by atoms with Gasteiger partial charge < -0.3 is 9.05 Å². The lowest BCUT2D eigenvalue weighted by atomic mass is 9.53. The Morgan fingerprint density at radius 2 is 0.618 bits per heavy atom. The third kappa shape index (κ3) is 9.92. The molecule has 436 valence electrons. The zero-order chi connectivity index (χ0) is 61.0. The highest BCUT2D eigenvalue weighted by atomic mass is 32.4. The maximum absolute atomic E-state index is 7.32. The van der Waals surface area contributed by atoms with E-state index >= 15 is 0 Å². The molecule has 0 saturated carbocycles. The number of anilines is 4. The third-order valence-corrected chi connectivity index (χ3v) is 25.0. The van der Waals surface area contributed by atoms with Crippen molar-refractivity contribution in [3.63, 3.8) is 0 Å². The van der Waals surface area contributed by atoms with E-state index in [4.69, 9.17) is 20.9 Å². The first-order valence-corrected chi connectivity index (χ1v) is 34.6. The molecule has 0 aromatic heterocycles. The first-order valence-electron chi connectivity index (χ1n) is 30.7. The summed E-state index contributed by atoms with van der Waals surface area (Å²) < 4.78 is 19.4. The van der Waals surface area contributed by atoms with Crippen molar-refractivity contribution in [1.82, 2.24) is 0 Å². The van der Waals surface area contributed by atoms with Crippen LogP contribution in [0.4, 0.5) is 22.7 Å². The molecule has 4 atom stereocenters. The Hall–Kier alpha value is -9.08. The highest BCUT2D eigenvalue weighted by Crippen LogP contribution is 2.63. The van der Waals surface area contributed by atoms with E-state index < -0.39 is 25.5 Å². The molecule has 0 bridgehead atoms. The predicted molar refractivity (Wildman–Crippen MR) is 378 cm³/mol. The summed E-state index contributed by atoms with van der Waals surface area (Å²) in [5, 5.41) is 2.19. The van der Waals surface area contributed by atoms with Gasteiger partial charge in [0.25, 0.3) is 0 Å². The Morgan fingerprint density at radius 1 is 0.303 bits per heavy atom. The summed E-state index contributed by atoms with van der Waals surface area (Å²) in [5.74, 6) is 1.68. The van der Waals surface area contributed by atoms with Crippen LogP contribution in [-0.2, 0) is 33.5 Å². The van der Waals surface area contributed by atoms with Crippen LogP contribution in [0, 0.1) is 0 Å². The molecule has 2 heterocycles. The van der Waals surface area contributed by atoms with Gasteiger partial charge in [-0.1, -0.05) is 284 Å². The molecule has 89 heavy (non-hydrogen) atoms. The van der Waals surface area contributed by atoms with Crippen LogP contribution in [0.3, 0.4) is 0 Å². The molecular weight excluding hydrogens is 1140 g/mol. The van der Waals surface area contributed by atoms with E-state index in [2.05, 4.69) is 360 Å². The second-order valence-corrected chi connectivity index (χ2v) is 30.0. The van der Waals surface area contributed by atoms with Crippen LogP contribution < -0.4 is 29.0 Å². The second-order valence-electron chi connectivity index (χ2n) is 24.8. The third-order valence-electron chi connectivity index (χ3n) is 19.3. The number of rotatable bonds is 15. The number of nitrogens with zero attached hydrogens (tertiary/aromatic N) is 2. The molecule has 7 heteroatoms. The first kappa shape index (κ1) is 57.7. The lowest BCUT2D eigenvalue weighted by Crippen LogP contribution is -2.47. The van der Waals surface area contributed by atoms with Crippen molar-refractivity contribution in [2.45, 2.75) is 63.2 Å². The van der Waals surface area contributed by atoms with Gasteiger partial charge in [0.1, 0.15) is 11.5 Å². The lowest BCUT2D eigenvalue weighted by molar-refractivity contribution is 0.360. The molecule has 0 fully saturated rings. The monoisotopic (exact) mass is 1210 g/mol. The lowest BCUT2D eigenvalue weighted by Gasteiger charge is -2.49. The minimum Gasteiger partial charge on any atom is -0.448 e. The van der Waals surface area contributed by atoms with E-state index in [9.17, 15) is 0 Å².